The van der Waals surface area contributed by atoms with Gasteiger partial charge in [-0.25, -0.2) is 4.68 Å². The lowest BCUT2D eigenvalue weighted by Gasteiger charge is -2.15. The van der Waals surface area contributed by atoms with Crippen LogP contribution in [-0.4, -0.2) is 47.3 Å². The fourth-order valence-corrected chi connectivity index (χ4v) is 3.07. The predicted molar refractivity (Wildman–Crippen MR) is 93.8 cm³/mol. The standard InChI is InChI=1S/C16H19ClN4O.ClH/c1-18-10-12-6-8-20(11-12)16(22)14-7-9-21(19-14)15-5-3-2-4-13(15)17;/h2-5,7,9,12,18H,6,8,10-11H2,1H3;1H. The van der Waals surface area contributed by atoms with Gasteiger partial charge in [-0.1, -0.05) is 23.7 Å². The first-order valence-corrected chi connectivity index (χ1v) is 7.81. The molecule has 1 fully saturated rings. The molecule has 5 nitrogen and oxygen atoms in total. The molecule has 1 atom stereocenters. The Balaban J connectivity index is 0.00000192. The zero-order valence-electron chi connectivity index (χ0n) is 12.9. The van der Waals surface area contributed by atoms with Crippen molar-refractivity contribution in [3.05, 3.63) is 47.2 Å². The molecule has 124 valence electrons. The highest BCUT2D eigenvalue weighted by Gasteiger charge is 2.27. The molecule has 23 heavy (non-hydrogen) atoms. The molecule has 0 saturated carbocycles. The van der Waals surface area contributed by atoms with E-state index in [0.717, 1.165) is 31.7 Å². The number of amides is 1. The van der Waals surface area contributed by atoms with Crippen molar-refractivity contribution in [2.45, 2.75) is 6.42 Å². The van der Waals surface area contributed by atoms with Gasteiger partial charge in [0.05, 0.1) is 10.7 Å². The molecule has 1 aromatic carbocycles. The topological polar surface area (TPSA) is 50.2 Å². The molecule has 2 aromatic rings. The van der Waals surface area contributed by atoms with E-state index in [1.54, 1.807) is 16.9 Å². The second kappa shape index (κ2) is 7.81. The van der Waals surface area contributed by atoms with Crippen molar-refractivity contribution in [1.82, 2.24) is 20.0 Å². The highest BCUT2D eigenvalue weighted by molar-refractivity contribution is 6.32. The number of hydrogen-bond donors (Lipinski definition) is 1. The second-order valence-electron chi connectivity index (χ2n) is 5.56. The average Bonchev–Trinajstić information content (AvgIpc) is 3.17. The van der Waals surface area contributed by atoms with Gasteiger partial charge in [0.15, 0.2) is 5.69 Å². The number of hydrogen-bond acceptors (Lipinski definition) is 3. The van der Waals surface area contributed by atoms with Crippen molar-refractivity contribution in [3.63, 3.8) is 0 Å². The van der Waals surface area contributed by atoms with Crippen LogP contribution in [-0.2, 0) is 0 Å². The third-order valence-corrected chi connectivity index (χ3v) is 4.29. The van der Waals surface area contributed by atoms with E-state index in [1.807, 2.05) is 36.2 Å². The average molecular weight is 355 g/mol. The fraction of sp³-hybridized carbons (Fsp3) is 0.375. The summed E-state index contributed by atoms with van der Waals surface area (Å²) < 4.78 is 1.65. The number of rotatable bonds is 4. The first-order valence-electron chi connectivity index (χ1n) is 7.43. The Morgan fingerprint density at radius 2 is 2.17 bits per heavy atom. The van der Waals surface area contributed by atoms with Crippen molar-refractivity contribution in [1.29, 1.82) is 0 Å². The van der Waals surface area contributed by atoms with E-state index in [-0.39, 0.29) is 18.3 Å². The summed E-state index contributed by atoms with van der Waals surface area (Å²) >= 11 is 6.17. The van der Waals surface area contributed by atoms with E-state index in [2.05, 4.69) is 10.4 Å². The summed E-state index contributed by atoms with van der Waals surface area (Å²) in [6.07, 6.45) is 2.81. The minimum Gasteiger partial charge on any atom is -0.337 e. The minimum absolute atomic E-state index is 0. The molecule has 1 unspecified atom stereocenters. The molecule has 0 spiro atoms. The number of halogens is 2. The van der Waals surface area contributed by atoms with Crippen molar-refractivity contribution in [3.8, 4) is 5.69 Å². The SMILES string of the molecule is CNCC1CCN(C(=O)c2ccn(-c3ccccc3Cl)n2)C1.Cl. The monoisotopic (exact) mass is 354 g/mol. The fourth-order valence-electron chi connectivity index (χ4n) is 2.84. The zero-order chi connectivity index (χ0) is 15.5. The van der Waals surface area contributed by atoms with Gasteiger partial charge in [0.25, 0.3) is 5.91 Å². The molecule has 1 aliphatic heterocycles. The molecule has 2 heterocycles. The molecule has 1 N–H and O–H groups in total. The maximum atomic E-state index is 12.5. The highest BCUT2D eigenvalue weighted by Crippen LogP contribution is 2.21. The summed E-state index contributed by atoms with van der Waals surface area (Å²) in [5.41, 5.74) is 1.24. The van der Waals surface area contributed by atoms with Gasteiger partial charge in [0.1, 0.15) is 0 Å². The normalized spacial score (nSPS) is 17.1. The lowest BCUT2D eigenvalue weighted by atomic mass is 10.1. The third-order valence-electron chi connectivity index (χ3n) is 3.97. The van der Waals surface area contributed by atoms with Crippen LogP contribution < -0.4 is 5.32 Å². The Hall–Kier alpha value is -1.56. The summed E-state index contributed by atoms with van der Waals surface area (Å²) in [7, 11) is 1.94. The summed E-state index contributed by atoms with van der Waals surface area (Å²) in [4.78, 5) is 14.4. The smallest absolute Gasteiger partial charge is 0.274 e. The van der Waals surface area contributed by atoms with E-state index in [1.165, 1.54) is 0 Å². The summed E-state index contributed by atoms with van der Waals surface area (Å²) in [5, 5.41) is 8.16. The number of carbonyl (C=O) groups is 1. The molecule has 7 heteroatoms. The predicted octanol–water partition coefficient (Wildman–Crippen LogP) is 2.63. The molecule has 0 bridgehead atoms. The Bertz CT molecular complexity index is 674. The van der Waals surface area contributed by atoms with E-state index >= 15 is 0 Å². The molecular weight excluding hydrogens is 335 g/mol. The number of nitrogens with zero attached hydrogens (tertiary/aromatic N) is 3. The number of carbonyl (C=O) groups excluding carboxylic acids is 1. The Kier molecular flexibility index (Phi) is 6.04. The first kappa shape index (κ1) is 17.8. The molecule has 1 saturated heterocycles. The molecule has 0 aliphatic carbocycles. The van der Waals surface area contributed by atoms with E-state index in [4.69, 9.17) is 11.6 Å². The molecule has 3 rings (SSSR count). The van der Waals surface area contributed by atoms with E-state index in [9.17, 15) is 4.79 Å². The van der Waals surface area contributed by atoms with Crippen LogP contribution in [0.3, 0.4) is 0 Å². The Morgan fingerprint density at radius 1 is 1.39 bits per heavy atom. The minimum atomic E-state index is -0.00981. The molecule has 0 radical (unpaired) electrons. The first-order chi connectivity index (χ1) is 10.7. The quantitative estimate of drug-likeness (QED) is 0.917. The molecule has 1 aromatic heterocycles. The van der Waals surface area contributed by atoms with Gasteiger partial charge in [-0.3, -0.25) is 4.79 Å². The zero-order valence-corrected chi connectivity index (χ0v) is 14.5. The second-order valence-corrected chi connectivity index (χ2v) is 5.97. The van der Waals surface area contributed by atoms with E-state index < -0.39 is 0 Å². The highest BCUT2D eigenvalue weighted by atomic mass is 35.5. The van der Waals surface area contributed by atoms with Crippen LogP contribution in [0.4, 0.5) is 0 Å². The van der Waals surface area contributed by atoms with Crippen molar-refractivity contribution >= 4 is 29.9 Å². The van der Waals surface area contributed by atoms with Gasteiger partial charge in [-0.15, -0.1) is 12.4 Å². The van der Waals surface area contributed by atoms with Gasteiger partial charge in [-0.05, 0) is 44.1 Å². The Labute approximate surface area is 147 Å². The van der Waals surface area contributed by atoms with Gasteiger partial charge in [0, 0.05) is 19.3 Å². The maximum absolute atomic E-state index is 12.5. The lowest BCUT2D eigenvalue weighted by molar-refractivity contribution is 0.0781. The maximum Gasteiger partial charge on any atom is 0.274 e. The van der Waals surface area contributed by atoms with Gasteiger partial charge in [-0.2, -0.15) is 5.10 Å². The number of benzene rings is 1. The van der Waals surface area contributed by atoms with Gasteiger partial charge >= 0.3 is 0 Å². The Morgan fingerprint density at radius 3 is 2.91 bits per heavy atom. The number of likely N-dealkylation sites (tertiary alicyclic amines) is 1. The van der Waals surface area contributed by atoms with Crippen LogP contribution in [0.1, 0.15) is 16.9 Å². The van der Waals surface area contributed by atoms with Gasteiger partial charge < -0.3 is 10.2 Å². The third kappa shape index (κ3) is 3.86. The van der Waals surface area contributed by atoms with Crippen LogP contribution >= 0.6 is 24.0 Å². The van der Waals surface area contributed by atoms with Crippen LogP contribution in [0.5, 0.6) is 0 Å². The number of aromatic nitrogens is 2. The van der Waals surface area contributed by atoms with Crippen molar-refractivity contribution in [2.24, 2.45) is 5.92 Å². The largest absolute Gasteiger partial charge is 0.337 e. The van der Waals surface area contributed by atoms with Crippen LogP contribution in [0.15, 0.2) is 36.5 Å². The molecule has 1 amide bonds. The van der Waals surface area contributed by atoms with E-state index in [0.29, 0.717) is 16.6 Å². The molecular formula is C16H20Cl2N4O. The van der Waals surface area contributed by atoms with Gasteiger partial charge in [0.2, 0.25) is 0 Å². The number of nitrogens with one attached hydrogen (secondary N) is 1. The summed E-state index contributed by atoms with van der Waals surface area (Å²) in [5.74, 6) is 0.518. The number of para-hydroxylation sites is 1. The lowest BCUT2D eigenvalue weighted by Crippen LogP contribution is -2.30. The molecule has 1 aliphatic rings. The van der Waals surface area contributed by atoms with Crippen molar-refractivity contribution in [2.75, 3.05) is 26.7 Å². The van der Waals surface area contributed by atoms with Crippen molar-refractivity contribution < 1.29 is 4.79 Å². The summed E-state index contributed by atoms with van der Waals surface area (Å²) in [6.45, 7) is 2.53. The summed E-state index contributed by atoms with van der Waals surface area (Å²) in [6, 6.07) is 9.20. The van der Waals surface area contributed by atoms with Crippen LogP contribution in [0.25, 0.3) is 5.69 Å². The van der Waals surface area contributed by atoms with Crippen LogP contribution in [0.2, 0.25) is 5.02 Å². The van der Waals surface area contributed by atoms with Crippen LogP contribution in [0, 0.1) is 5.92 Å².